The number of nitrogens with two attached hydrogens (primary N) is 1. The molecule has 0 spiro atoms. The van der Waals surface area contributed by atoms with Crippen molar-refractivity contribution in [3.63, 3.8) is 0 Å². The fraction of sp³-hybridized carbons (Fsp3) is 0.708. The third-order valence-electron chi connectivity index (χ3n) is 8.64. The second-order valence-corrected chi connectivity index (χ2v) is 10.4. The summed E-state index contributed by atoms with van der Waals surface area (Å²) in [4.78, 5) is 13.6. The molecule has 4 bridgehead atoms. The second-order valence-electron chi connectivity index (χ2n) is 10.4. The van der Waals surface area contributed by atoms with Gasteiger partial charge in [0, 0.05) is 18.0 Å². The molecule has 2 unspecified atom stereocenters. The van der Waals surface area contributed by atoms with Gasteiger partial charge in [0.15, 0.2) is 0 Å². The van der Waals surface area contributed by atoms with E-state index in [1.54, 1.807) is 0 Å². The van der Waals surface area contributed by atoms with Crippen molar-refractivity contribution in [3.8, 4) is 0 Å². The van der Waals surface area contributed by atoms with Crippen molar-refractivity contribution in [2.45, 2.75) is 81.7 Å². The van der Waals surface area contributed by atoms with E-state index in [-0.39, 0.29) is 35.2 Å². The molecule has 5 fully saturated rings. The number of amides is 1. The zero-order chi connectivity index (χ0) is 20.2. The number of hydrogen-bond acceptors (Lipinski definition) is 2. The van der Waals surface area contributed by atoms with Gasteiger partial charge in [0.05, 0.1) is 5.41 Å². The van der Waals surface area contributed by atoms with Crippen molar-refractivity contribution in [3.05, 3.63) is 35.9 Å². The molecule has 0 aromatic heterocycles. The largest absolute Gasteiger partial charge is 0.353 e. The number of benzene rings is 1. The number of carbonyl (C=O) groups excluding carboxylic acids is 1. The number of nitrogens with one attached hydrogen (secondary N) is 1. The lowest BCUT2D eigenvalue weighted by molar-refractivity contribution is -0.172. The van der Waals surface area contributed by atoms with Crippen molar-refractivity contribution < 1.29 is 13.6 Å². The zero-order valence-corrected chi connectivity index (χ0v) is 17.0. The van der Waals surface area contributed by atoms with Gasteiger partial charge < -0.3 is 11.1 Å². The van der Waals surface area contributed by atoms with Gasteiger partial charge in [-0.3, -0.25) is 4.79 Å². The Morgan fingerprint density at radius 2 is 1.62 bits per heavy atom. The summed E-state index contributed by atoms with van der Waals surface area (Å²) in [5, 5.41) is 3.33. The van der Waals surface area contributed by atoms with Crippen molar-refractivity contribution in [1.82, 2.24) is 5.32 Å². The van der Waals surface area contributed by atoms with Crippen LogP contribution in [0.25, 0.3) is 0 Å². The number of hydrogen-bond donors (Lipinski definition) is 2. The molecule has 0 heterocycles. The van der Waals surface area contributed by atoms with E-state index in [0.717, 1.165) is 44.9 Å². The molecular formula is C24H32F2N2O. The fourth-order valence-corrected chi connectivity index (χ4v) is 7.59. The average Bonchev–Trinajstić information content (AvgIpc) is 2.69. The lowest BCUT2D eigenvalue weighted by atomic mass is 9.40. The van der Waals surface area contributed by atoms with Crippen LogP contribution in [-0.2, 0) is 10.2 Å². The van der Waals surface area contributed by atoms with Crippen LogP contribution in [0.2, 0.25) is 0 Å². The highest BCUT2D eigenvalue weighted by atomic mass is 19.3. The normalized spacial score (nSPS) is 43.5. The van der Waals surface area contributed by atoms with Crippen LogP contribution in [0.3, 0.4) is 0 Å². The van der Waals surface area contributed by atoms with E-state index in [0.29, 0.717) is 12.8 Å². The highest BCUT2D eigenvalue weighted by Crippen LogP contribution is 2.68. The van der Waals surface area contributed by atoms with Gasteiger partial charge in [-0.1, -0.05) is 30.3 Å². The van der Waals surface area contributed by atoms with Crippen molar-refractivity contribution >= 4 is 5.91 Å². The predicted molar refractivity (Wildman–Crippen MR) is 108 cm³/mol. The Morgan fingerprint density at radius 1 is 1.00 bits per heavy atom. The first kappa shape index (κ1) is 19.5. The summed E-state index contributed by atoms with van der Waals surface area (Å²) in [5.41, 5.74) is 6.65. The smallest absolute Gasteiger partial charge is 0.241 e. The molecule has 5 heteroatoms. The molecule has 5 saturated carbocycles. The minimum atomic E-state index is -2.28. The van der Waals surface area contributed by atoms with Crippen LogP contribution in [0.1, 0.15) is 63.4 Å². The molecule has 3 nitrogen and oxygen atoms in total. The maximum absolute atomic E-state index is 13.9. The SMILES string of the molecule is N[C@H]1CC[C@H](NC(=O)C23CC4CC(c5ccccc5)(CC(C2)C4C(F)F)C3)CC1. The Hall–Kier alpha value is -1.49. The molecule has 1 aromatic rings. The Balaban J connectivity index is 1.44. The van der Waals surface area contributed by atoms with E-state index in [1.807, 2.05) is 18.2 Å². The third-order valence-corrected chi connectivity index (χ3v) is 8.64. The molecule has 0 aliphatic heterocycles. The van der Waals surface area contributed by atoms with Crippen LogP contribution in [0, 0.1) is 23.2 Å². The van der Waals surface area contributed by atoms with E-state index < -0.39 is 17.8 Å². The molecule has 5 aliphatic rings. The molecule has 1 amide bonds. The molecule has 1 aromatic carbocycles. The number of rotatable bonds is 4. The lowest BCUT2D eigenvalue weighted by Gasteiger charge is -2.64. The van der Waals surface area contributed by atoms with E-state index in [2.05, 4.69) is 17.4 Å². The van der Waals surface area contributed by atoms with Crippen molar-refractivity contribution in [2.75, 3.05) is 0 Å². The average molecular weight is 403 g/mol. The summed E-state index contributed by atoms with van der Waals surface area (Å²) in [5.74, 6) is -0.523. The van der Waals surface area contributed by atoms with Gasteiger partial charge in [0.2, 0.25) is 12.3 Å². The fourth-order valence-electron chi connectivity index (χ4n) is 7.59. The molecular weight excluding hydrogens is 370 g/mol. The lowest BCUT2D eigenvalue weighted by Crippen LogP contribution is -2.63. The summed E-state index contributed by atoms with van der Waals surface area (Å²) < 4.78 is 27.9. The summed E-state index contributed by atoms with van der Waals surface area (Å²) in [7, 11) is 0. The first-order valence-corrected chi connectivity index (χ1v) is 11.3. The topological polar surface area (TPSA) is 55.1 Å². The van der Waals surface area contributed by atoms with E-state index in [9.17, 15) is 13.6 Å². The summed E-state index contributed by atoms with van der Waals surface area (Å²) in [6.45, 7) is 0. The molecule has 5 aliphatic carbocycles. The molecule has 0 saturated heterocycles. The molecule has 3 N–H and O–H groups in total. The van der Waals surface area contributed by atoms with Crippen LogP contribution in [-0.4, -0.2) is 24.4 Å². The van der Waals surface area contributed by atoms with Crippen LogP contribution in [0.4, 0.5) is 8.78 Å². The monoisotopic (exact) mass is 402 g/mol. The zero-order valence-electron chi connectivity index (χ0n) is 17.0. The number of carbonyl (C=O) groups is 1. The molecule has 158 valence electrons. The predicted octanol–water partition coefficient (Wildman–Crippen LogP) is 4.40. The Labute approximate surface area is 171 Å². The minimum absolute atomic E-state index is 0.0537. The van der Waals surface area contributed by atoms with E-state index in [4.69, 9.17) is 5.73 Å². The summed E-state index contributed by atoms with van der Waals surface area (Å²) in [6, 6.07) is 10.8. The van der Waals surface area contributed by atoms with Gasteiger partial charge >= 0.3 is 0 Å². The van der Waals surface area contributed by atoms with Crippen LogP contribution in [0.15, 0.2) is 30.3 Å². The van der Waals surface area contributed by atoms with Crippen LogP contribution >= 0.6 is 0 Å². The number of alkyl halides is 2. The summed E-state index contributed by atoms with van der Waals surface area (Å²) in [6.07, 6.45) is 5.15. The highest BCUT2D eigenvalue weighted by molar-refractivity contribution is 5.84. The number of halogens is 2. The van der Waals surface area contributed by atoms with E-state index >= 15 is 0 Å². The quantitative estimate of drug-likeness (QED) is 0.784. The molecule has 0 radical (unpaired) electrons. The van der Waals surface area contributed by atoms with Gasteiger partial charge in [-0.15, -0.1) is 0 Å². The standard InChI is InChI=1S/C24H32F2N2O/c25-21(26)20-15-10-23(17-4-2-1-3-5-17)11-16(20)13-24(12-15,14-23)22(29)28-19-8-6-18(27)7-9-19/h1-5,15-16,18-21H,6-14,27H2,(H,28,29)/t15?,16?,18-,19-,20?,23?,24?. The third kappa shape index (κ3) is 3.20. The minimum Gasteiger partial charge on any atom is -0.353 e. The maximum atomic E-state index is 13.9. The van der Waals surface area contributed by atoms with E-state index in [1.165, 1.54) is 5.56 Å². The molecule has 29 heavy (non-hydrogen) atoms. The van der Waals surface area contributed by atoms with Crippen molar-refractivity contribution in [1.29, 1.82) is 0 Å². The molecule has 2 atom stereocenters. The maximum Gasteiger partial charge on any atom is 0.241 e. The Morgan fingerprint density at radius 3 is 2.21 bits per heavy atom. The first-order chi connectivity index (χ1) is 13.9. The highest BCUT2D eigenvalue weighted by Gasteiger charge is 2.65. The first-order valence-electron chi connectivity index (χ1n) is 11.3. The van der Waals surface area contributed by atoms with Gasteiger partial charge in [0.25, 0.3) is 0 Å². The Kier molecular flexibility index (Phi) is 4.73. The van der Waals surface area contributed by atoms with Gasteiger partial charge in [-0.2, -0.15) is 0 Å². The van der Waals surface area contributed by atoms with Crippen LogP contribution < -0.4 is 11.1 Å². The van der Waals surface area contributed by atoms with Gasteiger partial charge in [-0.25, -0.2) is 8.78 Å². The second kappa shape index (κ2) is 7.04. The van der Waals surface area contributed by atoms with Crippen molar-refractivity contribution in [2.24, 2.45) is 28.9 Å². The Bertz CT molecular complexity index is 743. The van der Waals surface area contributed by atoms with Gasteiger partial charge in [0.1, 0.15) is 0 Å². The van der Waals surface area contributed by atoms with Gasteiger partial charge in [-0.05, 0) is 80.6 Å². The summed E-state index contributed by atoms with van der Waals surface area (Å²) >= 11 is 0. The van der Waals surface area contributed by atoms with Crippen LogP contribution in [0.5, 0.6) is 0 Å². The molecule has 6 rings (SSSR count).